The molecule has 16 heavy (non-hydrogen) atoms. The Morgan fingerprint density at radius 1 is 1.50 bits per heavy atom. The largest absolute Gasteiger partial charge is 0.305 e. The van der Waals surface area contributed by atoms with Crippen LogP contribution in [0, 0.1) is 12.3 Å². The molecule has 0 aromatic carbocycles. The predicted molar refractivity (Wildman–Crippen MR) is 73.9 cm³/mol. The number of nitrogens with zero attached hydrogens (tertiary/aromatic N) is 1. The summed E-state index contributed by atoms with van der Waals surface area (Å²) in [6.45, 7) is 11.1. The molecule has 0 aromatic heterocycles. The highest BCUT2D eigenvalue weighted by Gasteiger charge is 2.25. The second-order valence-electron chi connectivity index (χ2n) is 5.08. The third-order valence-electron chi connectivity index (χ3n) is 3.16. The van der Waals surface area contributed by atoms with Gasteiger partial charge in [-0.25, -0.2) is 0 Å². The molecule has 1 aliphatic rings. The van der Waals surface area contributed by atoms with E-state index in [0.29, 0.717) is 17.3 Å². The molecule has 1 fully saturated rings. The van der Waals surface area contributed by atoms with Crippen LogP contribution in [0.3, 0.4) is 0 Å². The highest BCUT2D eigenvalue weighted by Crippen LogP contribution is 2.31. The highest BCUT2D eigenvalue weighted by molar-refractivity contribution is 8.00. The van der Waals surface area contributed by atoms with Gasteiger partial charge in [0.25, 0.3) is 0 Å². The number of rotatable bonds is 4. The van der Waals surface area contributed by atoms with Gasteiger partial charge in [0, 0.05) is 29.6 Å². The summed E-state index contributed by atoms with van der Waals surface area (Å²) in [5, 5.41) is 3.29. The highest BCUT2D eigenvalue weighted by atomic mass is 32.2. The van der Waals surface area contributed by atoms with Crippen molar-refractivity contribution in [1.82, 2.24) is 10.2 Å². The fourth-order valence-electron chi connectivity index (χ4n) is 1.96. The second-order valence-corrected chi connectivity index (χ2v) is 6.88. The molecule has 0 aliphatic carbocycles. The predicted octanol–water partition coefficient (Wildman–Crippen LogP) is 1.82. The molecule has 1 heterocycles. The topological polar surface area (TPSA) is 15.3 Å². The zero-order valence-electron chi connectivity index (χ0n) is 10.8. The first-order valence-electron chi connectivity index (χ1n) is 6.07. The molecule has 1 rings (SSSR count). The Balaban J connectivity index is 2.33. The van der Waals surface area contributed by atoms with Gasteiger partial charge in [0.2, 0.25) is 0 Å². The van der Waals surface area contributed by atoms with Crippen molar-refractivity contribution in [2.75, 3.05) is 31.9 Å². The lowest BCUT2D eigenvalue weighted by Gasteiger charge is -2.28. The van der Waals surface area contributed by atoms with Gasteiger partial charge in [-0.2, -0.15) is 11.8 Å². The van der Waals surface area contributed by atoms with Gasteiger partial charge < -0.3 is 5.32 Å². The number of thioether (sulfide) groups is 1. The molecule has 1 unspecified atom stereocenters. The molecule has 1 N–H and O–H groups in total. The Kier molecular flexibility index (Phi) is 5.68. The van der Waals surface area contributed by atoms with E-state index in [1.165, 1.54) is 25.3 Å². The monoisotopic (exact) mass is 240 g/mol. The lowest BCUT2D eigenvalue weighted by molar-refractivity contribution is 0.214. The van der Waals surface area contributed by atoms with E-state index in [-0.39, 0.29) is 0 Å². The molecule has 0 spiro atoms. The Morgan fingerprint density at radius 3 is 2.94 bits per heavy atom. The Hall–Kier alpha value is -0.170. The van der Waals surface area contributed by atoms with E-state index in [2.05, 4.69) is 48.7 Å². The summed E-state index contributed by atoms with van der Waals surface area (Å²) in [7, 11) is 0. The van der Waals surface area contributed by atoms with Crippen molar-refractivity contribution < 1.29 is 0 Å². The molecule has 0 saturated carbocycles. The van der Waals surface area contributed by atoms with Gasteiger partial charge in [0.15, 0.2) is 0 Å². The zero-order chi connectivity index (χ0) is 12.0. The SMILES string of the molecule is C#CCNCC(C)N1CCSC(C)(C)CC1. The molecular formula is C13H24N2S. The fourth-order valence-corrected chi connectivity index (χ4v) is 3.07. The van der Waals surface area contributed by atoms with Crippen molar-refractivity contribution in [3.63, 3.8) is 0 Å². The van der Waals surface area contributed by atoms with Crippen LogP contribution in [0.5, 0.6) is 0 Å². The maximum absolute atomic E-state index is 5.22. The van der Waals surface area contributed by atoms with Crippen LogP contribution in [0.4, 0.5) is 0 Å². The van der Waals surface area contributed by atoms with Crippen LogP contribution in [-0.2, 0) is 0 Å². The van der Waals surface area contributed by atoms with Gasteiger partial charge in [0.05, 0.1) is 6.54 Å². The summed E-state index contributed by atoms with van der Waals surface area (Å²) in [5.41, 5.74) is 0. The van der Waals surface area contributed by atoms with Gasteiger partial charge >= 0.3 is 0 Å². The van der Waals surface area contributed by atoms with Crippen molar-refractivity contribution in [1.29, 1.82) is 0 Å². The standard InChI is InChI=1S/C13H24N2S/c1-5-7-14-11-12(2)15-8-6-13(3,4)16-10-9-15/h1,12,14H,6-11H2,2-4H3. The molecule has 2 nitrogen and oxygen atoms in total. The smallest absolute Gasteiger partial charge is 0.0574 e. The molecule has 92 valence electrons. The van der Waals surface area contributed by atoms with Crippen LogP contribution in [-0.4, -0.2) is 47.6 Å². The third kappa shape index (κ3) is 4.78. The van der Waals surface area contributed by atoms with E-state index < -0.39 is 0 Å². The molecule has 0 bridgehead atoms. The van der Waals surface area contributed by atoms with E-state index >= 15 is 0 Å². The van der Waals surface area contributed by atoms with Crippen molar-refractivity contribution in [3.8, 4) is 12.3 Å². The van der Waals surface area contributed by atoms with Crippen LogP contribution in [0.2, 0.25) is 0 Å². The Morgan fingerprint density at radius 2 is 2.25 bits per heavy atom. The summed E-state index contributed by atoms with van der Waals surface area (Å²) >= 11 is 2.10. The van der Waals surface area contributed by atoms with Crippen molar-refractivity contribution in [2.24, 2.45) is 0 Å². The lowest BCUT2D eigenvalue weighted by atomic mass is 10.1. The molecule has 1 atom stereocenters. The molecule has 0 aromatic rings. The summed E-state index contributed by atoms with van der Waals surface area (Å²) in [4.78, 5) is 2.57. The first-order valence-corrected chi connectivity index (χ1v) is 7.06. The van der Waals surface area contributed by atoms with E-state index in [0.717, 1.165) is 6.54 Å². The van der Waals surface area contributed by atoms with Crippen molar-refractivity contribution in [3.05, 3.63) is 0 Å². The van der Waals surface area contributed by atoms with Gasteiger partial charge in [-0.3, -0.25) is 4.90 Å². The van der Waals surface area contributed by atoms with Gasteiger partial charge in [-0.1, -0.05) is 19.8 Å². The molecule has 0 radical (unpaired) electrons. The number of hydrogen-bond acceptors (Lipinski definition) is 3. The average Bonchev–Trinajstić information content (AvgIpc) is 2.39. The Bertz CT molecular complexity index is 245. The van der Waals surface area contributed by atoms with Crippen molar-refractivity contribution in [2.45, 2.75) is 38.0 Å². The first-order chi connectivity index (χ1) is 7.55. The third-order valence-corrected chi connectivity index (χ3v) is 4.53. The second kappa shape index (κ2) is 6.54. The maximum Gasteiger partial charge on any atom is 0.0574 e. The van der Waals surface area contributed by atoms with Crippen LogP contribution < -0.4 is 5.32 Å². The lowest BCUT2D eigenvalue weighted by Crippen LogP contribution is -2.42. The fraction of sp³-hybridized carbons (Fsp3) is 0.846. The maximum atomic E-state index is 5.22. The summed E-state index contributed by atoms with van der Waals surface area (Å²) in [5.74, 6) is 3.86. The minimum absolute atomic E-state index is 0.445. The Labute approximate surface area is 105 Å². The van der Waals surface area contributed by atoms with Crippen LogP contribution in [0.25, 0.3) is 0 Å². The van der Waals surface area contributed by atoms with E-state index in [1.54, 1.807) is 0 Å². The van der Waals surface area contributed by atoms with E-state index in [9.17, 15) is 0 Å². The quantitative estimate of drug-likeness (QED) is 0.596. The van der Waals surface area contributed by atoms with Crippen LogP contribution in [0.15, 0.2) is 0 Å². The van der Waals surface area contributed by atoms with Crippen LogP contribution in [0.1, 0.15) is 27.2 Å². The zero-order valence-corrected chi connectivity index (χ0v) is 11.6. The minimum Gasteiger partial charge on any atom is -0.305 e. The molecule has 0 amide bonds. The molecule has 3 heteroatoms. The summed E-state index contributed by atoms with van der Waals surface area (Å²) in [6.07, 6.45) is 6.50. The first kappa shape index (κ1) is 13.9. The van der Waals surface area contributed by atoms with E-state index in [1.807, 2.05) is 0 Å². The summed E-state index contributed by atoms with van der Waals surface area (Å²) < 4.78 is 0.445. The minimum atomic E-state index is 0.445. The number of hydrogen-bond donors (Lipinski definition) is 1. The van der Waals surface area contributed by atoms with Gasteiger partial charge in [-0.15, -0.1) is 6.42 Å². The van der Waals surface area contributed by atoms with Gasteiger partial charge in [-0.05, 0) is 19.9 Å². The normalized spacial score (nSPS) is 23.4. The molecular weight excluding hydrogens is 216 g/mol. The van der Waals surface area contributed by atoms with Crippen molar-refractivity contribution >= 4 is 11.8 Å². The van der Waals surface area contributed by atoms with E-state index in [4.69, 9.17) is 6.42 Å². The average molecular weight is 240 g/mol. The number of terminal acetylenes is 1. The summed E-state index contributed by atoms with van der Waals surface area (Å²) in [6, 6.07) is 0.586. The van der Waals surface area contributed by atoms with Gasteiger partial charge in [0.1, 0.15) is 0 Å². The molecule has 1 aliphatic heterocycles. The molecule has 1 saturated heterocycles. The number of nitrogens with one attached hydrogen (secondary N) is 1. The van der Waals surface area contributed by atoms with Crippen LogP contribution >= 0.6 is 11.8 Å².